The minimum Gasteiger partial charge on any atom is -0.353 e. The monoisotopic (exact) mass is 320 g/mol. The zero-order valence-corrected chi connectivity index (χ0v) is 14.4. The Labute approximate surface area is 135 Å². The van der Waals surface area contributed by atoms with E-state index in [1.807, 2.05) is 10.8 Å². The van der Waals surface area contributed by atoms with E-state index in [-0.39, 0.29) is 24.3 Å². The molecule has 0 spiro atoms. The van der Waals surface area contributed by atoms with Gasteiger partial charge in [0.15, 0.2) is 0 Å². The third-order valence-corrected chi connectivity index (χ3v) is 6.40. The Morgan fingerprint density at radius 3 is 2.05 bits per heavy atom. The zero-order valence-electron chi connectivity index (χ0n) is 13.6. The predicted molar refractivity (Wildman–Crippen MR) is 87.9 cm³/mol. The summed E-state index contributed by atoms with van der Waals surface area (Å²) in [7, 11) is 0. The van der Waals surface area contributed by atoms with Gasteiger partial charge in [-0.15, -0.1) is 0 Å². The Balaban J connectivity index is 1.57. The predicted octanol–water partition coefficient (Wildman–Crippen LogP) is 2.45. The van der Waals surface area contributed by atoms with E-state index < -0.39 is 0 Å². The third-order valence-electron chi connectivity index (χ3n) is 5.61. The zero-order chi connectivity index (χ0) is 16.0. The van der Waals surface area contributed by atoms with Crippen LogP contribution in [-0.2, 0) is 11.2 Å². The van der Waals surface area contributed by atoms with Crippen LogP contribution >= 0.6 is 11.3 Å². The first-order chi connectivity index (χ1) is 10.4. The minimum absolute atomic E-state index is 0.0156. The molecule has 22 heavy (non-hydrogen) atoms. The van der Waals surface area contributed by atoms with Crippen LogP contribution in [0.1, 0.15) is 43.6 Å². The highest BCUT2D eigenvalue weighted by Crippen LogP contribution is 2.38. The van der Waals surface area contributed by atoms with Crippen LogP contribution in [-0.4, -0.2) is 23.9 Å². The molecule has 2 aliphatic rings. The molecule has 0 saturated heterocycles. The number of carbonyl (C=O) groups is 2. The van der Waals surface area contributed by atoms with Gasteiger partial charge < -0.3 is 10.6 Å². The third kappa shape index (κ3) is 2.91. The summed E-state index contributed by atoms with van der Waals surface area (Å²) in [5, 5.41) is 9.89. The lowest BCUT2D eigenvalue weighted by atomic mass is 10.1. The maximum absolute atomic E-state index is 12.4. The highest BCUT2D eigenvalue weighted by atomic mass is 32.1. The van der Waals surface area contributed by atoms with E-state index in [1.54, 1.807) is 0 Å². The van der Waals surface area contributed by atoms with Gasteiger partial charge in [0.25, 0.3) is 5.91 Å². The number of hydrogen-bond acceptors (Lipinski definition) is 3. The van der Waals surface area contributed by atoms with E-state index in [4.69, 9.17) is 0 Å². The number of nitrogens with one attached hydrogen (secondary N) is 2. The SMILES string of the molecule is C[C@@H]1C(NC(=O)Cc2cscc2C(=O)NC2[C@@H](C)[C@H]2C)[C@@H]1C. The largest absolute Gasteiger partial charge is 0.353 e. The molecule has 6 atom stereocenters. The van der Waals surface area contributed by atoms with Gasteiger partial charge in [0.05, 0.1) is 12.0 Å². The molecule has 2 unspecified atom stereocenters. The lowest BCUT2D eigenvalue weighted by Gasteiger charge is -2.07. The van der Waals surface area contributed by atoms with E-state index in [2.05, 4.69) is 38.3 Å². The Bertz CT molecular complexity index is 581. The molecule has 1 aromatic rings. The summed E-state index contributed by atoms with van der Waals surface area (Å²) in [6.07, 6.45) is 0.290. The summed E-state index contributed by atoms with van der Waals surface area (Å²) in [4.78, 5) is 24.5. The van der Waals surface area contributed by atoms with Crippen molar-refractivity contribution in [1.29, 1.82) is 0 Å². The maximum Gasteiger partial charge on any atom is 0.252 e. The van der Waals surface area contributed by atoms with Crippen molar-refractivity contribution in [2.75, 3.05) is 0 Å². The number of thiophene rings is 1. The van der Waals surface area contributed by atoms with Crippen LogP contribution in [0.5, 0.6) is 0 Å². The second-order valence-electron chi connectivity index (χ2n) is 7.02. The van der Waals surface area contributed by atoms with Crippen molar-refractivity contribution in [1.82, 2.24) is 10.6 Å². The Morgan fingerprint density at radius 2 is 1.50 bits per heavy atom. The Morgan fingerprint density at radius 1 is 0.955 bits per heavy atom. The van der Waals surface area contributed by atoms with Gasteiger partial charge in [0, 0.05) is 17.5 Å². The Hall–Kier alpha value is -1.36. The molecule has 1 aromatic heterocycles. The van der Waals surface area contributed by atoms with Gasteiger partial charge in [0.2, 0.25) is 5.91 Å². The Kier molecular flexibility index (Phi) is 4.02. The molecule has 0 aliphatic heterocycles. The lowest BCUT2D eigenvalue weighted by molar-refractivity contribution is -0.120. The molecule has 1 heterocycles. The average Bonchev–Trinajstić information content (AvgIpc) is 3.13. The summed E-state index contributed by atoms with van der Waals surface area (Å²) in [6, 6.07) is 0.582. The summed E-state index contributed by atoms with van der Waals surface area (Å²) < 4.78 is 0. The number of carbonyl (C=O) groups excluding carboxylic acids is 2. The quantitative estimate of drug-likeness (QED) is 0.875. The van der Waals surface area contributed by atoms with E-state index in [9.17, 15) is 9.59 Å². The van der Waals surface area contributed by atoms with Gasteiger partial charge in [-0.1, -0.05) is 27.7 Å². The van der Waals surface area contributed by atoms with E-state index >= 15 is 0 Å². The molecule has 0 aromatic carbocycles. The molecule has 3 rings (SSSR count). The molecular weight excluding hydrogens is 296 g/mol. The average molecular weight is 320 g/mol. The van der Waals surface area contributed by atoms with Crippen LogP contribution < -0.4 is 10.6 Å². The second kappa shape index (κ2) is 5.69. The van der Waals surface area contributed by atoms with Gasteiger partial charge in [-0.2, -0.15) is 11.3 Å². The lowest BCUT2D eigenvalue weighted by Crippen LogP contribution is -2.31. The molecule has 2 N–H and O–H groups in total. The fraction of sp³-hybridized carbons (Fsp3) is 0.647. The first-order valence-electron chi connectivity index (χ1n) is 8.05. The van der Waals surface area contributed by atoms with Crippen molar-refractivity contribution >= 4 is 23.2 Å². The second-order valence-corrected chi connectivity index (χ2v) is 7.76. The molecule has 120 valence electrons. The van der Waals surface area contributed by atoms with Crippen molar-refractivity contribution < 1.29 is 9.59 Å². The van der Waals surface area contributed by atoms with E-state index in [0.29, 0.717) is 35.3 Å². The van der Waals surface area contributed by atoms with E-state index in [0.717, 1.165) is 5.56 Å². The molecule has 2 aliphatic carbocycles. The van der Waals surface area contributed by atoms with Crippen LogP contribution in [0, 0.1) is 23.7 Å². The van der Waals surface area contributed by atoms with Crippen molar-refractivity contribution in [3.05, 3.63) is 21.9 Å². The first kappa shape index (κ1) is 15.5. The molecule has 0 radical (unpaired) electrons. The van der Waals surface area contributed by atoms with Crippen molar-refractivity contribution in [2.24, 2.45) is 23.7 Å². The van der Waals surface area contributed by atoms with Crippen LogP contribution in [0.4, 0.5) is 0 Å². The molecule has 2 saturated carbocycles. The van der Waals surface area contributed by atoms with Gasteiger partial charge in [-0.05, 0) is 34.6 Å². The van der Waals surface area contributed by atoms with Crippen LogP contribution in [0.25, 0.3) is 0 Å². The summed E-state index contributed by atoms with van der Waals surface area (Å²) >= 11 is 1.48. The van der Waals surface area contributed by atoms with Crippen LogP contribution in [0.3, 0.4) is 0 Å². The number of hydrogen-bond donors (Lipinski definition) is 2. The van der Waals surface area contributed by atoms with Gasteiger partial charge in [-0.3, -0.25) is 9.59 Å². The molecule has 4 nitrogen and oxygen atoms in total. The maximum atomic E-state index is 12.4. The topological polar surface area (TPSA) is 58.2 Å². The summed E-state index contributed by atoms with van der Waals surface area (Å²) in [6.45, 7) is 8.60. The number of amides is 2. The van der Waals surface area contributed by atoms with Crippen molar-refractivity contribution in [2.45, 2.75) is 46.2 Å². The smallest absolute Gasteiger partial charge is 0.252 e. The normalized spacial score (nSPS) is 35.8. The summed E-state index contributed by atoms with van der Waals surface area (Å²) in [5.41, 5.74) is 1.49. The van der Waals surface area contributed by atoms with Crippen LogP contribution in [0.15, 0.2) is 10.8 Å². The molecular formula is C17H24N2O2S. The van der Waals surface area contributed by atoms with Crippen molar-refractivity contribution in [3.63, 3.8) is 0 Å². The highest BCUT2D eigenvalue weighted by molar-refractivity contribution is 7.08. The fourth-order valence-electron chi connectivity index (χ4n) is 3.15. The molecule has 5 heteroatoms. The van der Waals surface area contributed by atoms with Gasteiger partial charge in [-0.25, -0.2) is 0 Å². The van der Waals surface area contributed by atoms with Gasteiger partial charge in [0.1, 0.15) is 0 Å². The van der Waals surface area contributed by atoms with E-state index in [1.165, 1.54) is 11.3 Å². The molecule has 0 bridgehead atoms. The highest BCUT2D eigenvalue weighted by Gasteiger charge is 2.44. The molecule has 2 fully saturated rings. The molecule has 2 amide bonds. The summed E-state index contributed by atoms with van der Waals surface area (Å²) in [5.74, 6) is 2.19. The minimum atomic E-state index is -0.0431. The van der Waals surface area contributed by atoms with Crippen LogP contribution in [0.2, 0.25) is 0 Å². The fourth-order valence-corrected chi connectivity index (χ4v) is 3.99. The van der Waals surface area contributed by atoms with Gasteiger partial charge >= 0.3 is 0 Å². The van der Waals surface area contributed by atoms with Crippen molar-refractivity contribution in [3.8, 4) is 0 Å². The standard InChI is InChI=1S/C17H24N2O2S/c1-8-9(2)15(8)18-14(20)5-12-6-22-7-13(12)17(21)19-16-10(3)11(16)4/h6-11,15-16H,5H2,1-4H3,(H,18,20)(H,19,21)/t8-,9+,10-,11+,15?,16?. The number of rotatable bonds is 5. The first-order valence-corrected chi connectivity index (χ1v) is 8.99.